The van der Waals surface area contributed by atoms with Gasteiger partial charge in [0.05, 0.1) is 12.1 Å². The topological polar surface area (TPSA) is 42.7 Å². The standard InChI is InChI=1S/C21H18BrNO3/c1-12-9-13(22)5-7-18(12)23-10-17-19(25-11-23)8-6-15-14-3-2-4-16(14)21(24)26-20(15)17/h5-9H,2-4,10-11H2,1H3. The van der Waals surface area contributed by atoms with Crippen molar-refractivity contribution in [2.45, 2.75) is 32.7 Å². The maximum atomic E-state index is 12.4. The molecule has 0 N–H and O–H groups in total. The molecule has 0 saturated heterocycles. The molecule has 2 heterocycles. The average Bonchev–Trinajstić information content (AvgIpc) is 3.12. The van der Waals surface area contributed by atoms with E-state index >= 15 is 0 Å². The van der Waals surface area contributed by atoms with Gasteiger partial charge >= 0.3 is 5.63 Å². The van der Waals surface area contributed by atoms with Crippen LogP contribution in [0.1, 0.15) is 28.7 Å². The van der Waals surface area contributed by atoms with Gasteiger partial charge in [-0.05, 0) is 67.6 Å². The zero-order valence-corrected chi connectivity index (χ0v) is 16.1. The summed E-state index contributed by atoms with van der Waals surface area (Å²) in [6, 6.07) is 10.3. The third kappa shape index (κ3) is 2.37. The molecule has 1 aliphatic heterocycles. The SMILES string of the molecule is Cc1cc(Br)ccc1N1COc2ccc3c4c(c(=O)oc3c2C1)CCC4. The molecule has 0 atom stereocenters. The molecule has 0 unspecified atom stereocenters. The van der Waals surface area contributed by atoms with Crippen molar-refractivity contribution in [3.63, 3.8) is 0 Å². The van der Waals surface area contributed by atoms with E-state index in [1.807, 2.05) is 18.2 Å². The van der Waals surface area contributed by atoms with Crippen LogP contribution in [0.4, 0.5) is 5.69 Å². The van der Waals surface area contributed by atoms with E-state index < -0.39 is 0 Å². The number of nitrogens with zero attached hydrogens (tertiary/aromatic N) is 1. The summed E-state index contributed by atoms with van der Waals surface area (Å²) in [6.45, 7) is 3.23. The molecule has 0 spiro atoms. The van der Waals surface area contributed by atoms with E-state index in [0.29, 0.717) is 18.9 Å². The number of fused-ring (bicyclic) bond motifs is 5. The minimum Gasteiger partial charge on any atom is -0.473 e. The highest BCUT2D eigenvalue weighted by molar-refractivity contribution is 9.10. The van der Waals surface area contributed by atoms with Crippen LogP contribution < -0.4 is 15.3 Å². The third-order valence-corrected chi connectivity index (χ3v) is 5.92. The number of rotatable bonds is 1. The van der Waals surface area contributed by atoms with Crippen LogP contribution in [0.2, 0.25) is 0 Å². The summed E-state index contributed by atoms with van der Waals surface area (Å²) >= 11 is 3.52. The molecule has 2 aromatic carbocycles. The highest BCUT2D eigenvalue weighted by Gasteiger charge is 2.26. The first-order valence-electron chi connectivity index (χ1n) is 8.86. The van der Waals surface area contributed by atoms with Crippen molar-refractivity contribution in [1.82, 2.24) is 0 Å². The van der Waals surface area contributed by atoms with E-state index in [-0.39, 0.29) is 5.63 Å². The van der Waals surface area contributed by atoms with Gasteiger partial charge < -0.3 is 14.1 Å². The highest BCUT2D eigenvalue weighted by Crippen LogP contribution is 2.37. The second-order valence-corrected chi connectivity index (χ2v) is 7.94. The molecule has 132 valence electrons. The van der Waals surface area contributed by atoms with Crippen molar-refractivity contribution in [2.75, 3.05) is 11.6 Å². The molecule has 5 heteroatoms. The minimum atomic E-state index is -0.185. The second kappa shape index (κ2) is 5.88. The van der Waals surface area contributed by atoms with Crippen LogP contribution in [0.25, 0.3) is 11.0 Å². The summed E-state index contributed by atoms with van der Waals surface area (Å²) in [5.41, 5.74) is 5.78. The van der Waals surface area contributed by atoms with Crippen molar-refractivity contribution in [3.05, 3.63) is 67.5 Å². The Bertz CT molecular complexity index is 1100. The third-order valence-electron chi connectivity index (χ3n) is 5.43. The van der Waals surface area contributed by atoms with Gasteiger partial charge in [-0.25, -0.2) is 4.79 Å². The molecule has 1 aromatic heterocycles. The van der Waals surface area contributed by atoms with Gasteiger partial charge in [-0.15, -0.1) is 0 Å². The van der Waals surface area contributed by atoms with E-state index in [4.69, 9.17) is 9.15 Å². The molecular weight excluding hydrogens is 394 g/mol. The van der Waals surface area contributed by atoms with Crippen LogP contribution in [0.3, 0.4) is 0 Å². The summed E-state index contributed by atoms with van der Waals surface area (Å²) < 4.78 is 12.8. The molecule has 4 nitrogen and oxygen atoms in total. The molecule has 0 radical (unpaired) electrons. The smallest absolute Gasteiger partial charge is 0.339 e. The summed E-state index contributed by atoms with van der Waals surface area (Å²) in [5, 5.41) is 1.06. The van der Waals surface area contributed by atoms with Gasteiger partial charge in [0.15, 0.2) is 6.73 Å². The van der Waals surface area contributed by atoms with Crippen molar-refractivity contribution in [1.29, 1.82) is 0 Å². The van der Waals surface area contributed by atoms with Crippen LogP contribution in [-0.2, 0) is 19.4 Å². The lowest BCUT2D eigenvalue weighted by Crippen LogP contribution is -2.32. The maximum absolute atomic E-state index is 12.4. The molecule has 1 aliphatic carbocycles. The van der Waals surface area contributed by atoms with E-state index in [9.17, 15) is 4.79 Å². The van der Waals surface area contributed by atoms with Gasteiger partial charge in [0, 0.05) is 21.1 Å². The molecular formula is C21H18BrNO3. The number of hydrogen-bond acceptors (Lipinski definition) is 4. The highest BCUT2D eigenvalue weighted by atomic mass is 79.9. The largest absolute Gasteiger partial charge is 0.473 e. The second-order valence-electron chi connectivity index (χ2n) is 7.02. The predicted molar refractivity (Wildman–Crippen MR) is 105 cm³/mol. The van der Waals surface area contributed by atoms with Gasteiger partial charge in [-0.1, -0.05) is 15.9 Å². The lowest BCUT2D eigenvalue weighted by atomic mass is 10.0. The van der Waals surface area contributed by atoms with Crippen molar-refractivity contribution in [2.24, 2.45) is 0 Å². The summed E-state index contributed by atoms with van der Waals surface area (Å²) in [7, 11) is 0. The molecule has 0 amide bonds. The van der Waals surface area contributed by atoms with Crippen molar-refractivity contribution >= 4 is 32.6 Å². The fourth-order valence-electron chi connectivity index (χ4n) is 4.18. The monoisotopic (exact) mass is 411 g/mol. The van der Waals surface area contributed by atoms with E-state index in [0.717, 1.165) is 57.2 Å². The first-order chi connectivity index (χ1) is 12.6. The van der Waals surface area contributed by atoms with Crippen LogP contribution in [0, 0.1) is 6.92 Å². The molecule has 3 aromatic rings. The predicted octanol–water partition coefficient (Wildman–Crippen LogP) is 4.71. The van der Waals surface area contributed by atoms with Crippen LogP contribution >= 0.6 is 15.9 Å². The lowest BCUT2D eigenvalue weighted by molar-refractivity contribution is 0.289. The Kier molecular flexibility index (Phi) is 3.60. The van der Waals surface area contributed by atoms with Gasteiger partial charge in [0.2, 0.25) is 0 Å². The van der Waals surface area contributed by atoms with Crippen LogP contribution in [-0.4, -0.2) is 6.73 Å². The quantitative estimate of drug-likeness (QED) is 0.543. The Morgan fingerprint density at radius 1 is 1.08 bits per heavy atom. The first kappa shape index (κ1) is 15.9. The Labute approximate surface area is 159 Å². The van der Waals surface area contributed by atoms with Gasteiger partial charge in [-0.2, -0.15) is 0 Å². The summed E-state index contributed by atoms with van der Waals surface area (Å²) in [6.07, 6.45) is 2.80. The van der Waals surface area contributed by atoms with E-state index in [1.165, 1.54) is 5.56 Å². The Morgan fingerprint density at radius 2 is 1.92 bits per heavy atom. The van der Waals surface area contributed by atoms with Gasteiger partial charge in [0.25, 0.3) is 0 Å². The molecule has 0 fully saturated rings. The van der Waals surface area contributed by atoms with Crippen molar-refractivity contribution in [3.8, 4) is 5.75 Å². The van der Waals surface area contributed by atoms with Crippen molar-refractivity contribution < 1.29 is 9.15 Å². The van der Waals surface area contributed by atoms with Gasteiger partial charge in [0.1, 0.15) is 11.3 Å². The summed E-state index contributed by atoms with van der Waals surface area (Å²) in [5.74, 6) is 0.810. The van der Waals surface area contributed by atoms with Crippen LogP contribution in [0.5, 0.6) is 5.75 Å². The zero-order chi connectivity index (χ0) is 17.8. The number of halogens is 1. The lowest BCUT2D eigenvalue weighted by Gasteiger charge is -2.32. The number of hydrogen-bond donors (Lipinski definition) is 0. The molecule has 0 saturated carbocycles. The Hall–Kier alpha value is -2.27. The summed E-state index contributed by atoms with van der Waals surface area (Å²) in [4.78, 5) is 14.6. The normalized spacial score (nSPS) is 15.7. The maximum Gasteiger partial charge on any atom is 0.339 e. The molecule has 0 bridgehead atoms. The fourth-order valence-corrected chi connectivity index (χ4v) is 4.66. The Morgan fingerprint density at radius 3 is 2.77 bits per heavy atom. The Balaban J connectivity index is 1.65. The number of benzene rings is 2. The zero-order valence-electron chi connectivity index (χ0n) is 14.5. The number of anilines is 1. The molecule has 26 heavy (non-hydrogen) atoms. The van der Waals surface area contributed by atoms with Crippen LogP contribution in [0.15, 0.2) is 44.0 Å². The first-order valence-corrected chi connectivity index (χ1v) is 9.65. The molecule has 2 aliphatic rings. The number of ether oxygens (including phenoxy) is 1. The van der Waals surface area contributed by atoms with E-state index in [1.54, 1.807) is 0 Å². The fraction of sp³-hybridized carbons (Fsp3) is 0.286. The minimum absolute atomic E-state index is 0.185. The average molecular weight is 412 g/mol. The number of aryl methyl sites for hydroxylation is 2. The van der Waals surface area contributed by atoms with Gasteiger partial charge in [-0.3, -0.25) is 0 Å². The molecule has 5 rings (SSSR count). The van der Waals surface area contributed by atoms with E-state index in [2.05, 4.69) is 39.9 Å².